The van der Waals surface area contributed by atoms with E-state index in [0.29, 0.717) is 23.6 Å². The zero-order valence-corrected chi connectivity index (χ0v) is 15.9. The summed E-state index contributed by atoms with van der Waals surface area (Å²) in [6.07, 6.45) is 3.73. The van der Waals surface area contributed by atoms with Crippen molar-refractivity contribution in [3.05, 3.63) is 58.9 Å². The molecule has 6 nitrogen and oxygen atoms in total. The molecule has 1 unspecified atom stereocenters. The molecule has 26 heavy (non-hydrogen) atoms. The molecule has 3 rings (SSSR count). The van der Waals surface area contributed by atoms with Crippen LogP contribution < -0.4 is 10.2 Å². The van der Waals surface area contributed by atoms with Gasteiger partial charge in [0.2, 0.25) is 0 Å². The van der Waals surface area contributed by atoms with Gasteiger partial charge in [-0.2, -0.15) is 0 Å². The highest BCUT2D eigenvalue weighted by atomic mass is 35.5. The first kappa shape index (κ1) is 18.7. The molecule has 0 bridgehead atoms. The Kier molecular flexibility index (Phi) is 5.48. The van der Waals surface area contributed by atoms with Crippen LogP contribution in [0.2, 0.25) is 5.02 Å². The van der Waals surface area contributed by atoms with Gasteiger partial charge in [-0.3, -0.25) is 9.78 Å². The summed E-state index contributed by atoms with van der Waals surface area (Å²) in [7, 11) is -1.14. The maximum Gasteiger partial charge on any atom is 0.253 e. The molecule has 1 aromatic heterocycles. The van der Waals surface area contributed by atoms with Gasteiger partial charge >= 0.3 is 0 Å². The van der Waals surface area contributed by atoms with Gasteiger partial charge in [-0.25, -0.2) is 8.42 Å². The van der Waals surface area contributed by atoms with E-state index in [1.165, 1.54) is 6.20 Å². The molecule has 0 aliphatic carbocycles. The summed E-state index contributed by atoms with van der Waals surface area (Å²) in [6, 6.07) is 8.90. The minimum Gasteiger partial charge on any atom is -0.369 e. The van der Waals surface area contributed by atoms with Gasteiger partial charge in [0.15, 0.2) is 9.84 Å². The zero-order chi connectivity index (χ0) is 18.7. The molecule has 8 heteroatoms. The molecule has 2 heterocycles. The number of benzene rings is 1. The van der Waals surface area contributed by atoms with E-state index in [4.69, 9.17) is 11.6 Å². The predicted molar refractivity (Wildman–Crippen MR) is 102 cm³/mol. The number of sulfone groups is 1. The zero-order valence-electron chi connectivity index (χ0n) is 14.4. The number of rotatable bonds is 5. The van der Waals surface area contributed by atoms with E-state index in [2.05, 4.69) is 10.3 Å². The number of amides is 1. The van der Waals surface area contributed by atoms with Crippen LogP contribution in [0.15, 0.2) is 42.7 Å². The molecule has 0 radical (unpaired) electrons. The first-order valence-corrected chi connectivity index (χ1v) is 10.4. The van der Waals surface area contributed by atoms with Crippen LogP contribution in [-0.4, -0.2) is 43.9 Å². The fourth-order valence-electron chi connectivity index (χ4n) is 2.92. The highest BCUT2D eigenvalue weighted by Gasteiger charge is 2.31. The first-order valence-electron chi connectivity index (χ1n) is 8.25. The molecule has 1 aliphatic heterocycles. The number of halogens is 1. The standard InChI is InChI=1S/C18H20ClN3O3S/c1-22(16-6-7-26(24,25)12-16)17-8-14(10-20-11-17)18(23)21-9-13-2-4-15(19)5-3-13/h2-5,8,10-11,16H,6-7,9,12H2,1H3,(H,21,23). The average molecular weight is 394 g/mol. The topological polar surface area (TPSA) is 79.4 Å². The number of pyridine rings is 1. The van der Waals surface area contributed by atoms with Crippen LogP contribution in [0.1, 0.15) is 22.3 Å². The van der Waals surface area contributed by atoms with Gasteiger partial charge in [-0.05, 0) is 30.2 Å². The molecular weight excluding hydrogens is 374 g/mol. The first-order chi connectivity index (χ1) is 12.3. The van der Waals surface area contributed by atoms with Crippen molar-refractivity contribution in [2.75, 3.05) is 23.5 Å². The Hall–Kier alpha value is -2.12. The molecule has 1 atom stereocenters. The van der Waals surface area contributed by atoms with Crippen LogP contribution in [0.25, 0.3) is 0 Å². The lowest BCUT2D eigenvalue weighted by Gasteiger charge is -2.25. The third kappa shape index (κ3) is 4.53. The SMILES string of the molecule is CN(c1cncc(C(=O)NCc2ccc(Cl)cc2)c1)C1CCS(=O)(=O)C1. The maximum absolute atomic E-state index is 12.4. The summed E-state index contributed by atoms with van der Waals surface area (Å²) in [5, 5.41) is 3.49. The third-order valence-electron chi connectivity index (χ3n) is 4.52. The van der Waals surface area contributed by atoms with Crippen LogP contribution in [0, 0.1) is 0 Å². The molecule has 0 spiro atoms. The van der Waals surface area contributed by atoms with Crippen molar-refractivity contribution in [2.24, 2.45) is 0 Å². The highest BCUT2D eigenvalue weighted by Crippen LogP contribution is 2.23. The molecule has 0 saturated carbocycles. The lowest BCUT2D eigenvalue weighted by atomic mass is 10.2. The van der Waals surface area contributed by atoms with Gasteiger partial charge in [0.05, 0.1) is 29.0 Å². The quantitative estimate of drug-likeness (QED) is 0.843. The van der Waals surface area contributed by atoms with Gasteiger partial charge in [0.1, 0.15) is 0 Å². The number of aromatic nitrogens is 1. The van der Waals surface area contributed by atoms with E-state index in [9.17, 15) is 13.2 Å². The maximum atomic E-state index is 12.4. The van der Waals surface area contributed by atoms with Crippen molar-refractivity contribution in [1.29, 1.82) is 0 Å². The number of hydrogen-bond acceptors (Lipinski definition) is 5. The van der Waals surface area contributed by atoms with Crippen molar-refractivity contribution in [1.82, 2.24) is 10.3 Å². The second-order valence-corrected chi connectivity index (χ2v) is 9.07. The summed E-state index contributed by atoms with van der Waals surface area (Å²) in [5.74, 6) is 0.106. The lowest BCUT2D eigenvalue weighted by molar-refractivity contribution is 0.0950. The Morgan fingerprint density at radius 1 is 1.31 bits per heavy atom. The molecule has 2 aromatic rings. The Morgan fingerprint density at radius 3 is 2.69 bits per heavy atom. The largest absolute Gasteiger partial charge is 0.369 e. The van der Waals surface area contributed by atoms with Crippen LogP contribution >= 0.6 is 11.6 Å². The van der Waals surface area contributed by atoms with E-state index < -0.39 is 9.84 Å². The van der Waals surface area contributed by atoms with Gasteiger partial charge in [-0.1, -0.05) is 23.7 Å². The average Bonchev–Trinajstić information content (AvgIpc) is 3.00. The summed E-state index contributed by atoms with van der Waals surface area (Å²) in [5.41, 5.74) is 2.11. The Morgan fingerprint density at radius 2 is 2.04 bits per heavy atom. The molecule has 138 valence electrons. The Balaban J connectivity index is 1.66. The highest BCUT2D eigenvalue weighted by molar-refractivity contribution is 7.91. The minimum absolute atomic E-state index is 0.0887. The third-order valence-corrected chi connectivity index (χ3v) is 6.52. The van der Waals surface area contributed by atoms with Crippen molar-refractivity contribution < 1.29 is 13.2 Å². The summed E-state index contributed by atoms with van der Waals surface area (Å²) in [6.45, 7) is 0.386. The van der Waals surface area contributed by atoms with Crippen LogP contribution in [0.3, 0.4) is 0 Å². The fraction of sp³-hybridized carbons (Fsp3) is 0.333. The van der Waals surface area contributed by atoms with E-state index in [0.717, 1.165) is 11.3 Å². The van der Waals surface area contributed by atoms with Crippen molar-refractivity contribution in [2.45, 2.75) is 19.0 Å². The number of nitrogens with zero attached hydrogens (tertiary/aromatic N) is 2. The smallest absolute Gasteiger partial charge is 0.253 e. The van der Waals surface area contributed by atoms with Crippen molar-refractivity contribution >= 4 is 33.0 Å². The number of anilines is 1. The number of carbonyl (C=O) groups excluding carboxylic acids is 1. The molecule has 1 N–H and O–H groups in total. The van der Waals surface area contributed by atoms with E-state index in [1.54, 1.807) is 24.4 Å². The van der Waals surface area contributed by atoms with Crippen LogP contribution in [0.5, 0.6) is 0 Å². The molecule has 1 aromatic carbocycles. The predicted octanol–water partition coefficient (Wildman–Crippen LogP) is 2.29. The van der Waals surface area contributed by atoms with Gasteiger partial charge in [0.25, 0.3) is 5.91 Å². The van der Waals surface area contributed by atoms with E-state index in [1.807, 2.05) is 24.1 Å². The monoisotopic (exact) mass is 393 g/mol. The second-order valence-electron chi connectivity index (χ2n) is 6.41. The van der Waals surface area contributed by atoms with Crippen molar-refractivity contribution in [3.8, 4) is 0 Å². The Bertz CT molecular complexity index is 900. The number of nitrogens with one attached hydrogen (secondary N) is 1. The van der Waals surface area contributed by atoms with E-state index >= 15 is 0 Å². The summed E-state index contributed by atoms with van der Waals surface area (Å²) < 4.78 is 23.4. The molecule has 1 amide bonds. The normalized spacial score (nSPS) is 18.5. The lowest BCUT2D eigenvalue weighted by Crippen LogP contribution is -2.33. The van der Waals surface area contributed by atoms with E-state index in [-0.39, 0.29) is 23.5 Å². The second kappa shape index (κ2) is 7.63. The molecule has 1 aliphatic rings. The van der Waals surface area contributed by atoms with Crippen LogP contribution in [-0.2, 0) is 16.4 Å². The van der Waals surface area contributed by atoms with Gasteiger partial charge in [-0.15, -0.1) is 0 Å². The van der Waals surface area contributed by atoms with Gasteiger partial charge < -0.3 is 10.2 Å². The molecule has 1 saturated heterocycles. The van der Waals surface area contributed by atoms with Crippen molar-refractivity contribution in [3.63, 3.8) is 0 Å². The van der Waals surface area contributed by atoms with Gasteiger partial charge in [0, 0.05) is 30.9 Å². The fourth-order valence-corrected chi connectivity index (χ4v) is 4.82. The van der Waals surface area contributed by atoms with Crippen LogP contribution in [0.4, 0.5) is 5.69 Å². The number of carbonyl (C=O) groups is 1. The number of hydrogen-bond donors (Lipinski definition) is 1. The molecule has 1 fully saturated rings. The Labute approximate surface area is 158 Å². The minimum atomic E-state index is -2.97. The molecular formula is C18H20ClN3O3S. The summed E-state index contributed by atoms with van der Waals surface area (Å²) >= 11 is 5.85. The summed E-state index contributed by atoms with van der Waals surface area (Å²) in [4.78, 5) is 18.4.